The Bertz CT molecular complexity index is 413. The summed E-state index contributed by atoms with van der Waals surface area (Å²) in [6.45, 7) is 3.31. The first-order valence-corrected chi connectivity index (χ1v) is 6.06. The molecule has 0 aromatic heterocycles. The maximum Gasteiger partial charge on any atom is 0.165 e. The van der Waals surface area contributed by atoms with Crippen molar-refractivity contribution in [3.05, 3.63) is 17.7 Å². The molecular formula is C13H17NO3. The van der Waals surface area contributed by atoms with Gasteiger partial charge in [-0.2, -0.15) is 0 Å². The summed E-state index contributed by atoms with van der Waals surface area (Å²) < 4.78 is 16.7. The second kappa shape index (κ2) is 4.45. The van der Waals surface area contributed by atoms with Crippen molar-refractivity contribution in [1.29, 1.82) is 0 Å². The smallest absolute Gasteiger partial charge is 0.165 e. The Morgan fingerprint density at radius 3 is 2.94 bits per heavy atom. The van der Waals surface area contributed by atoms with Gasteiger partial charge in [0.2, 0.25) is 0 Å². The number of ether oxygens (including phenoxy) is 3. The Hall–Kier alpha value is -1.42. The Balaban J connectivity index is 2.04. The number of hydrogen-bond acceptors (Lipinski definition) is 4. The highest BCUT2D eigenvalue weighted by molar-refractivity contribution is 5.54. The zero-order valence-electron chi connectivity index (χ0n) is 9.99. The van der Waals surface area contributed by atoms with Crippen LogP contribution < -0.4 is 19.5 Å². The Morgan fingerprint density at radius 2 is 2.18 bits per heavy atom. The van der Waals surface area contributed by atoms with Crippen LogP contribution >= 0.6 is 0 Å². The highest BCUT2D eigenvalue weighted by Gasteiger charge is 2.25. The first-order chi connectivity index (χ1) is 8.38. The molecule has 1 saturated heterocycles. The van der Waals surface area contributed by atoms with Crippen molar-refractivity contribution >= 4 is 0 Å². The van der Waals surface area contributed by atoms with Gasteiger partial charge in [0.15, 0.2) is 11.5 Å². The first kappa shape index (κ1) is 10.7. The molecule has 0 amide bonds. The molecule has 1 aromatic carbocycles. The maximum absolute atomic E-state index is 5.76. The molecule has 0 radical (unpaired) electrons. The molecule has 4 heteroatoms. The lowest BCUT2D eigenvalue weighted by Gasteiger charge is -2.24. The van der Waals surface area contributed by atoms with Crippen molar-refractivity contribution in [1.82, 2.24) is 5.32 Å². The Kier molecular flexibility index (Phi) is 2.81. The van der Waals surface area contributed by atoms with E-state index in [0.717, 1.165) is 36.8 Å². The number of nitrogens with one attached hydrogen (secondary N) is 1. The Morgan fingerprint density at radius 1 is 1.29 bits per heavy atom. The molecule has 0 aliphatic carbocycles. The molecule has 1 N–H and O–H groups in total. The van der Waals surface area contributed by atoms with Crippen molar-refractivity contribution in [3.63, 3.8) is 0 Å². The van der Waals surface area contributed by atoms with E-state index in [1.807, 2.05) is 6.07 Å². The summed E-state index contributed by atoms with van der Waals surface area (Å²) in [6.07, 6.45) is 1.14. The van der Waals surface area contributed by atoms with Gasteiger partial charge >= 0.3 is 0 Å². The standard InChI is InChI=1S/C13H17NO3/c1-15-10-6-11(9-2-3-14-8-9)13-12(7-10)16-4-5-17-13/h6-7,9,14H,2-5,8H2,1H3. The monoisotopic (exact) mass is 235 g/mol. The van der Waals surface area contributed by atoms with Crippen molar-refractivity contribution in [2.24, 2.45) is 0 Å². The molecule has 17 heavy (non-hydrogen) atoms. The fourth-order valence-corrected chi connectivity index (χ4v) is 2.50. The minimum Gasteiger partial charge on any atom is -0.497 e. The van der Waals surface area contributed by atoms with Crippen molar-refractivity contribution in [3.8, 4) is 17.2 Å². The van der Waals surface area contributed by atoms with Crippen LogP contribution in [0.4, 0.5) is 0 Å². The average Bonchev–Trinajstić information content (AvgIpc) is 2.91. The van der Waals surface area contributed by atoms with Crippen LogP contribution in [-0.4, -0.2) is 33.4 Å². The maximum atomic E-state index is 5.76. The van der Waals surface area contributed by atoms with Crippen LogP contribution in [0, 0.1) is 0 Å². The SMILES string of the molecule is COc1cc2c(c(C3CCNC3)c1)OCCO2. The largest absolute Gasteiger partial charge is 0.497 e. The van der Waals surface area contributed by atoms with Crippen LogP contribution in [0.25, 0.3) is 0 Å². The van der Waals surface area contributed by atoms with Gasteiger partial charge in [0.05, 0.1) is 7.11 Å². The second-order valence-corrected chi connectivity index (χ2v) is 4.43. The van der Waals surface area contributed by atoms with Crippen LogP contribution in [0.5, 0.6) is 17.2 Å². The number of rotatable bonds is 2. The molecule has 0 bridgehead atoms. The average molecular weight is 235 g/mol. The summed E-state index contributed by atoms with van der Waals surface area (Å²) in [4.78, 5) is 0. The normalized spacial score (nSPS) is 22.5. The van der Waals surface area contributed by atoms with Crippen LogP contribution in [-0.2, 0) is 0 Å². The third-order valence-electron chi connectivity index (χ3n) is 3.38. The zero-order valence-corrected chi connectivity index (χ0v) is 9.99. The fraction of sp³-hybridized carbons (Fsp3) is 0.538. The van der Waals surface area contributed by atoms with Gasteiger partial charge in [-0.05, 0) is 19.0 Å². The highest BCUT2D eigenvalue weighted by Crippen LogP contribution is 2.42. The van der Waals surface area contributed by atoms with E-state index in [2.05, 4.69) is 11.4 Å². The molecule has 4 nitrogen and oxygen atoms in total. The summed E-state index contributed by atoms with van der Waals surface area (Å²) >= 11 is 0. The van der Waals surface area contributed by atoms with Gasteiger partial charge in [0, 0.05) is 24.1 Å². The summed E-state index contributed by atoms with van der Waals surface area (Å²) in [5.74, 6) is 3.07. The number of methoxy groups -OCH3 is 1. The quantitative estimate of drug-likeness (QED) is 0.844. The first-order valence-electron chi connectivity index (χ1n) is 6.06. The van der Waals surface area contributed by atoms with E-state index in [-0.39, 0.29) is 0 Å². The van der Waals surface area contributed by atoms with Crippen molar-refractivity contribution in [2.45, 2.75) is 12.3 Å². The van der Waals surface area contributed by atoms with E-state index in [1.165, 1.54) is 5.56 Å². The molecule has 92 valence electrons. The highest BCUT2D eigenvalue weighted by atomic mass is 16.6. The number of benzene rings is 1. The molecule has 2 aliphatic heterocycles. The van der Waals surface area contributed by atoms with E-state index in [9.17, 15) is 0 Å². The summed E-state index contributed by atoms with van der Waals surface area (Å²) in [5.41, 5.74) is 1.21. The lowest BCUT2D eigenvalue weighted by molar-refractivity contribution is 0.168. The van der Waals surface area contributed by atoms with E-state index in [4.69, 9.17) is 14.2 Å². The van der Waals surface area contributed by atoms with Crippen LogP contribution in [0.3, 0.4) is 0 Å². The predicted octanol–water partition coefficient (Wildman–Crippen LogP) is 1.54. The summed E-state index contributed by atoms with van der Waals surface area (Å²) in [7, 11) is 1.68. The van der Waals surface area contributed by atoms with Crippen molar-refractivity contribution in [2.75, 3.05) is 33.4 Å². The van der Waals surface area contributed by atoms with E-state index in [0.29, 0.717) is 19.1 Å². The lowest BCUT2D eigenvalue weighted by atomic mass is 9.96. The predicted molar refractivity (Wildman–Crippen MR) is 64.2 cm³/mol. The molecule has 0 spiro atoms. The molecular weight excluding hydrogens is 218 g/mol. The van der Waals surface area contributed by atoms with Gasteiger partial charge in [-0.1, -0.05) is 0 Å². The molecule has 0 saturated carbocycles. The zero-order chi connectivity index (χ0) is 11.7. The Labute approximate surface area is 101 Å². The van der Waals surface area contributed by atoms with Gasteiger partial charge in [-0.15, -0.1) is 0 Å². The van der Waals surface area contributed by atoms with Crippen molar-refractivity contribution < 1.29 is 14.2 Å². The molecule has 2 heterocycles. The molecule has 1 atom stereocenters. The van der Waals surface area contributed by atoms with E-state index in [1.54, 1.807) is 7.11 Å². The molecule has 3 rings (SSSR count). The van der Waals surface area contributed by atoms with E-state index < -0.39 is 0 Å². The topological polar surface area (TPSA) is 39.7 Å². The number of hydrogen-bond donors (Lipinski definition) is 1. The van der Waals surface area contributed by atoms with E-state index >= 15 is 0 Å². The van der Waals surface area contributed by atoms with Crippen LogP contribution in [0.1, 0.15) is 17.9 Å². The molecule has 2 aliphatic rings. The molecule has 1 aromatic rings. The summed E-state index contributed by atoms with van der Waals surface area (Å²) in [6, 6.07) is 3.98. The van der Waals surface area contributed by atoms with Gasteiger partial charge in [0.25, 0.3) is 0 Å². The number of fused-ring (bicyclic) bond motifs is 1. The van der Waals surface area contributed by atoms with Crippen LogP contribution in [0.15, 0.2) is 12.1 Å². The fourth-order valence-electron chi connectivity index (χ4n) is 2.50. The van der Waals surface area contributed by atoms with Gasteiger partial charge in [-0.3, -0.25) is 0 Å². The third kappa shape index (κ3) is 1.93. The molecule has 1 fully saturated rings. The van der Waals surface area contributed by atoms with Gasteiger partial charge in [0.1, 0.15) is 19.0 Å². The van der Waals surface area contributed by atoms with Crippen LogP contribution in [0.2, 0.25) is 0 Å². The lowest BCUT2D eigenvalue weighted by Crippen LogP contribution is -2.18. The second-order valence-electron chi connectivity index (χ2n) is 4.43. The summed E-state index contributed by atoms with van der Waals surface area (Å²) in [5, 5.41) is 3.38. The third-order valence-corrected chi connectivity index (χ3v) is 3.38. The molecule has 1 unspecified atom stereocenters. The minimum absolute atomic E-state index is 0.501. The minimum atomic E-state index is 0.501. The van der Waals surface area contributed by atoms with Gasteiger partial charge in [-0.25, -0.2) is 0 Å². The van der Waals surface area contributed by atoms with Gasteiger partial charge < -0.3 is 19.5 Å².